The quantitative estimate of drug-likeness (QED) is 0.687. The summed E-state index contributed by atoms with van der Waals surface area (Å²) in [4.78, 5) is 0. The highest BCUT2D eigenvalue weighted by molar-refractivity contribution is 7.91. The van der Waals surface area contributed by atoms with Gasteiger partial charge >= 0.3 is 0 Å². The first-order chi connectivity index (χ1) is 8.53. The predicted molar refractivity (Wildman–Crippen MR) is 74.6 cm³/mol. The molecule has 1 saturated carbocycles. The Morgan fingerprint density at radius 3 is 2.56 bits per heavy atom. The summed E-state index contributed by atoms with van der Waals surface area (Å²) in [6.07, 6.45) is 6.69. The summed E-state index contributed by atoms with van der Waals surface area (Å²) in [6, 6.07) is 0.00454. The molecule has 1 rings (SSSR count). The van der Waals surface area contributed by atoms with Crippen LogP contribution in [0.5, 0.6) is 0 Å². The first-order valence-corrected chi connectivity index (χ1v) is 8.91. The van der Waals surface area contributed by atoms with Crippen LogP contribution in [0.15, 0.2) is 0 Å². The highest BCUT2D eigenvalue weighted by Crippen LogP contribution is 2.19. The summed E-state index contributed by atoms with van der Waals surface area (Å²) in [7, 11) is -2.88. The third-order valence-corrected chi connectivity index (χ3v) is 5.33. The number of hydrogen-bond acceptors (Lipinski definition) is 4. The van der Waals surface area contributed by atoms with Gasteiger partial charge in [0.15, 0.2) is 9.84 Å². The lowest BCUT2D eigenvalue weighted by atomic mass is 9.98. The predicted octanol–water partition coefficient (Wildman–Crippen LogP) is 1.75. The van der Waals surface area contributed by atoms with Crippen LogP contribution in [0.25, 0.3) is 0 Å². The molecule has 0 aromatic carbocycles. The highest BCUT2D eigenvalue weighted by atomic mass is 32.2. The van der Waals surface area contributed by atoms with E-state index in [-0.39, 0.29) is 17.5 Å². The Labute approximate surface area is 111 Å². The Balaban J connectivity index is 2.06. The Hall–Kier alpha value is -0.130. The lowest BCUT2D eigenvalue weighted by Gasteiger charge is -2.22. The zero-order chi connectivity index (χ0) is 13.4. The third-order valence-electron chi connectivity index (χ3n) is 3.44. The normalized spacial score (nSPS) is 19.9. The smallest absolute Gasteiger partial charge is 0.151 e. The van der Waals surface area contributed by atoms with Crippen LogP contribution in [0.3, 0.4) is 0 Å². The fourth-order valence-corrected chi connectivity index (χ4v) is 3.44. The molecule has 0 saturated heterocycles. The molecule has 1 aliphatic carbocycles. The van der Waals surface area contributed by atoms with Gasteiger partial charge in [-0.15, -0.1) is 0 Å². The summed E-state index contributed by atoms with van der Waals surface area (Å²) in [5.41, 5.74) is 0. The molecular formula is C13H27NO3S. The van der Waals surface area contributed by atoms with Crippen molar-refractivity contribution in [3.05, 3.63) is 0 Å². The second-order valence-electron chi connectivity index (χ2n) is 5.18. The topological polar surface area (TPSA) is 55.4 Å². The molecule has 0 aromatic heterocycles. The SMILES string of the molecule is CCS(=O)(=O)CC(C)NCCOC1CCCCC1. The van der Waals surface area contributed by atoms with Crippen molar-refractivity contribution in [2.75, 3.05) is 24.7 Å². The molecule has 1 N–H and O–H groups in total. The van der Waals surface area contributed by atoms with E-state index in [1.165, 1.54) is 32.1 Å². The van der Waals surface area contributed by atoms with Gasteiger partial charge in [0.2, 0.25) is 0 Å². The molecule has 1 unspecified atom stereocenters. The molecular weight excluding hydrogens is 250 g/mol. The molecule has 0 spiro atoms. The van der Waals surface area contributed by atoms with Gasteiger partial charge in [0.1, 0.15) is 0 Å². The van der Waals surface area contributed by atoms with E-state index in [1.807, 2.05) is 6.92 Å². The fraction of sp³-hybridized carbons (Fsp3) is 1.00. The monoisotopic (exact) mass is 277 g/mol. The zero-order valence-electron chi connectivity index (χ0n) is 11.7. The molecule has 0 bridgehead atoms. The maximum Gasteiger partial charge on any atom is 0.151 e. The first-order valence-electron chi connectivity index (χ1n) is 7.09. The Bertz CT molecular complexity index is 310. The van der Waals surface area contributed by atoms with Gasteiger partial charge < -0.3 is 10.1 Å². The molecule has 18 heavy (non-hydrogen) atoms. The lowest BCUT2D eigenvalue weighted by molar-refractivity contribution is 0.0297. The summed E-state index contributed by atoms with van der Waals surface area (Å²) in [5.74, 6) is 0.435. The van der Waals surface area contributed by atoms with Crippen molar-refractivity contribution in [2.45, 2.75) is 58.1 Å². The lowest BCUT2D eigenvalue weighted by Crippen LogP contribution is -2.36. The van der Waals surface area contributed by atoms with Gasteiger partial charge in [-0.05, 0) is 19.8 Å². The van der Waals surface area contributed by atoms with Gasteiger partial charge in [0, 0.05) is 18.3 Å². The second kappa shape index (κ2) is 8.12. The molecule has 4 nitrogen and oxygen atoms in total. The van der Waals surface area contributed by atoms with Crippen LogP contribution in [0.2, 0.25) is 0 Å². The largest absolute Gasteiger partial charge is 0.377 e. The molecule has 1 fully saturated rings. The van der Waals surface area contributed by atoms with Crippen LogP contribution in [0, 0.1) is 0 Å². The average Bonchev–Trinajstić information content (AvgIpc) is 2.35. The molecule has 0 radical (unpaired) electrons. The number of ether oxygens (including phenoxy) is 1. The van der Waals surface area contributed by atoms with Crippen LogP contribution in [-0.4, -0.2) is 45.2 Å². The molecule has 0 heterocycles. The number of nitrogens with one attached hydrogen (secondary N) is 1. The van der Waals surface area contributed by atoms with Gasteiger partial charge in [-0.2, -0.15) is 0 Å². The summed E-state index contributed by atoms with van der Waals surface area (Å²) >= 11 is 0. The molecule has 108 valence electrons. The van der Waals surface area contributed by atoms with Crippen molar-refractivity contribution in [1.29, 1.82) is 0 Å². The standard InChI is InChI=1S/C13H27NO3S/c1-3-18(15,16)11-12(2)14-9-10-17-13-7-5-4-6-8-13/h12-14H,3-11H2,1-2H3. The van der Waals surface area contributed by atoms with Gasteiger partial charge in [-0.25, -0.2) is 8.42 Å². The van der Waals surface area contributed by atoms with Crippen LogP contribution in [-0.2, 0) is 14.6 Å². The van der Waals surface area contributed by atoms with Gasteiger partial charge in [0.25, 0.3) is 0 Å². The van der Waals surface area contributed by atoms with Crippen molar-refractivity contribution in [3.8, 4) is 0 Å². The van der Waals surface area contributed by atoms with E-state index in [1.54, 1.807) is 6.92 Å². The van der Waals surface area contributed by atoms with E-state index in [9.17, 15) is 8.42 Å². The van der Waals surface area contributed by atoms with Crippen molar-refractivity contribution >= 4 is 9.84 Å². The third kappa shape index (κ3) is 6.71. The molecule has 0 amide bonds. The number of sulfone groups is 1. The van der Waals surface area contributed by atoms with Gasteiger partial charge in [0.05, 0.1) is 18.5 Å². The summed E-state index contributed by atoms with van der Waals surface area (Å²) in [5, 5.41) is 3.21. The van der Waals surface area contributed by atoms with Crippen LogP contribution < -0.4 is 5.32 Å². The molecule has 0 aliphatic heterocycles. The maximum atomic E-state index is 11.4. The molecule has 1 atom stereocenters. The van der Waals surface area contributed by atoms with Gasteiger partial charge in [-0.1, -0.05) is 26.2 Å². The number of hydrogen-bond donors (Lipinski definition) is 1. The van der Waals surface area contributed by atoms with Crippen molar-refractivity contribution in [3.63, 3.8) is 0 Å². The van der Waals surface area contributed by atoms with E-state index in [2.05, 4.69) is 5.32 Å². The van der Waals surface area contributed by atoms with E-state index in [4.69, 9.17) is 4.74 Å². The summed E-state index contributed by atoms with van der Waals surface area (Å²) in [6.45, 7) is 5.01. The van der Waals surface area contributed by atoms with E-state index >= 15 is 0 Å². The van der Waals surface area contributed by atoms with E-state index in [0.717, 1.165) is 6.54 Å². The fourth-order valence-electron chi connectivity index (χ4n) is 2.32. The maximum absolute atomic E-state index is 11.4. The van der Waals surface area contributed by atoms with Gasteiger partial charge in [-0.3, -0.25) is 0 Å². The van der Waals surface area contributed by atoms with E-state index in [0.29, 0.717) is 12.7 Å². The first kappa shape index (κ1) is 15.9. The zero-order valence-corrected chi connectivity index (χ0v) is 12.5. The van der Waals surface area contributed by atoms with E-state index < -0.39 is 9.84 Å². The van der Waals surface area contributed by atoms with Crippen molar-refractivity contribution in [1.82, 2.24) is 5.32 Å². The number of rotatable bonds is 8. The minimum atomic E-state index is -2.88. The minimum Gasteiger partial charge on any atom is -0.377 e. The highest BCUT2D eigenvalue weighted by Gasteiger charge is 2.15. The van der Waals surface area contributed by atoms with Crippen molar-refractivity contribution < 1.29 is 13.2 Å². The Morgan fingerprint density at radius 1 is 1.28 bits per heavy atom. The minimum absolute atomic E-state index is 0.00454. The van der Waals surface area contributed by atoms with Crippen molar-refractivity contribution in [2.24, 2.45) is 0 Å². The average molecular weight is 277 g/mol. The Kier molecular flexibility index (Phi) is 7.19. The second-order valence-corrected chi connectivity index (χ2v) is 7.58. The van der Waals surface area contributed by atoms with Crippen LogP contribution in [0.4, 0.5) is 0 Å². The summed E-state index contributed by atoms with van der Waals surface area (Å²) < 4.78 is 28.6. The molecule has 1 aliphatic rings. The molecule has 5 heteroatoms. The van der Waals surface area contributed by atoms with Crippen LogP contribution >= 0.6 is 0 Å². The molecule has 0 aromatic rings. The Morgan fingerprint density at radius 2 is 1.94 bits per heavy atom. The van der Waals surface area contributed by atoms with Crippen LogP contribution in [0.1, 0.15) is 46.0 Å².